The summed E-state index contributed by atoms with van der Waals surface area (Å²) in [6.45, 7) is 1.90. The van der Waals surface area contributed by atoms with Crippen LogP contribution >= 0.6 is 0 Å². The number of nitriles is 1. The maximum atomic E-state index is 10.5. The molecule has 0 spiro atoms. The molecule has 1 amide bonds. The van der Waals surface area contributed by atoms with Gasteiger partial charge in [-0.25, -0.2) is 0 Å². The van der Waals surface area contributed by atoms with E-state index < -0.39 is 5.91 Å². The molecule has 74 valence electrons. The molecule has 0 fully saturated rings. The van der Waals surface area contributed by atoms with Crippen LogP contribution < -0.4 is 5.73 Å². The van der Waals surface area contributed by atoms with Gasteiger partial charge in [-0.15, -0.1) is 0 Å². The van der Waals surface area contributed by atoms with Crippen molar-refractivity contribution in [1.29, 1.82) is 5.26 Å². The van der Waals surface area contributed by atoms with E-state index in [1.165, 1.54) is 0 Å². The Balaban J connectivity index is 2.97. The van der Waals surface area contributed by atoms with Crippen molar-refractivity contribution in [3.05, 3.63) is 34.9 Å². The van der Waals surface area contributed by atoms with Gasteiger partial charge in [0.25, 0.3) is 0 Å². The molecular weight excluding hydrogens is 188 g/mol. The number of aryl methyl sites for hydroxylation is 1. The van der Waals surface area contributed by atoms with Gasteiger partial charge >= 0.3 is 0 Å². The number of nitrogens with zero attached hydrogens (tertiary/aromatic N) is 1. The Morgan fingerprint density at radius 3 is 2.87 bits per heavy atom. The fourth-order valence-electron chi connectivity index (χ4n) is 1.05. The first kappa shape index (κ1) is 10.8. The van der Waals surface area contributed by atoms with E-state index in [4.69, 9.17) is 11.0 Å². The van der Waals surface area contributed by atoms with Gasteiger partial charge in [0.1, 0.15) is 0 Å². The van der Waals surface area contributed by atoms with Crippen LogP contribution in [0.3, 0.4) is 0 Å². The lowest BCUT2D eigenvalue weighted by atomic mass is 10.1. The van der Waals surface area contributed by atoms with Crippen LogP contribution in [0, 0.1) is 30.1 Å². The lowest BCUT2D eigenvalue weighted by molar-refractivity contribution is -0.117. The summed E-state index contributed by atoms with van der Waals surface area (Å²) < 4.78 is 0. The van der Waals surface area contributed by atoms with E-state index in [0.717, 1.165) is 11.1 Å². The summed E-state index contributed by atoms with van der Waals surface area (Å²) in [5, 5.41) is 8.69. The van der Waals surface area contributed by atoms with Gasteiger partial charge in [-0.3, -0.25) is 4.79 Å². The van der Waals surface area contributed by atoms with Gasteiger partial charge in [-0.2, -0.15) is 5.26 Å². The van der Waals surface area contributed by atoms with Gasteiger partial charge in [-0.05, 0) is 24.6 Å². The van der Waals surface area contributed by atoms with E-state index in [9.17, 15) is 4.79 Å². The third kappa shape index (κ3) is 3.17. The molecule has 0 saturated carbocycles. The van der Waals surface area contributed by atoms with Crippen LogP contribution in [0.2, 0.25) is 0 Å². The van der Waals surface area contributed by atoms with Crippen molar-refractivity contribution < 1.29 is 4.79 Å². The summed E-state index contributed by atoms with van der Waals surface area (Å²) in [5.41, 5.74) is 7.25. The molecule has 0 saturated heterocycles. The van der Waals surface area contributed by atoms with Gasteiger partial charge in [0.15, 0.2) is 0 Å². The fraction of sp³-hybridized carbons (Fsp3) is 0.167. The number of carbonyl (C=O) groups excluding carboxylic acids is 1. The smallest absolute Gasteiger partial charge is 0.229 e. The zero-order valence-corrected chi connectivity index (χ0v) is 8.37. The maximum Gasteiger partial charge on any atom is 0.229 e. The monoisotopic (exact) mass is 198 g/mol. The lowest BCUT2D eigenvalue weighted by Gasteiger charge is -1.97. The first-order valence-electron chi connectivity index (χ1n) is 4.41. The highest BCUT2D eigenvalue weighted by molar-refractivity contribution is 5.76. The van der Waals surface area contributed by atoms with Gasteiger partial charge in [0.05, 0.1) is 18.1 Å². The average Bonchev–Trinajstić information content (AvgIpc) is 2.20. The van der Waals surface area contributed by atoms with E-state index in [-0.39, 0.29) is 6.42 Å². The molecular formula is C12H10N2O. The van der Waals surface area contributed by atoms with E-state index in [2.05, 4.69) is 11.8 Å². The van der Waals surface area contributed by atoms with E-state index in [0.29, 0.717) is 5.56 Å². The van der Waals surface area contributed by atoms with Crippen LogP contribution in [-0.2, 0) is 4.79 Å². The standard InChI is InChI=1S/C12H10N2O/c1-9-5-6-10(8-13)7-11(9)3-2-4-12(14)15/h5-7H,4H2,1H3,(H2,14,15). The number of rotatable bonds is 1. The second kappa shape index (κ2) is 4.83. The zero-order valence-electron chi connectivity index (χ0n) is 8.37. The molecule has 3 nitrogen and oxygen atoms in total. The Bertz CT molecular complexity index is 487. The molecule has 1 aromatic rings. The Labute approximate surface area is 88.5 Å². The van der Waals surface area contributed by atoms with Gasteiger partial charge in [-0.1, -0.05) is 17.9 Å². The predicted octanol–water partition coefficient (Wildman–Crippen LogP) is 1.09. The highest BCUT2D eigenvalue weighted by Crippen LogP contribution is 2.08. The normalized spacial score (nSPS) is 8.53. The van der Waals surface area contributed by atoms with Crippen LogP contribution in [0.4, 0.5) is 0 Å². The molecule has 0 radical (unpaired) electrons. The molecule has 3 heteroatoms. The molecule has 15 heavy (non-hydrogen) atoms. The predicted molar refractivity (Wildman–Crippen MR) is 56.6 cm³/mol. The second-order valence-corrected chi connectivity index (χ2v) is 3.09. The molecule has 0 aliphatic heterocycles. The van der Waals surface area contributed by atoms with Crippen LogP contribution in [0.15, 0.2) is 18.2 Å². The number of nitrogens with two attached hydrogens (primary N) is 1. The van der Waals surface area contributed by atoms with Crippen LogP contribution in [0.1, 0.15) is 23.1 Å². The largest absolute Gasteiger partial charge is 0.369 e. The molecule has 0 aliphatic rings. The van der Waals surface area contributed by atoms with E-state index >= 15 is 0 Å². The van der Waals surface area contributed by atoms with Crippen LogP contribution in [0.5, 0.6) is 0 Å². The minimum Gasteiger partial charge on any atom is -0.369 e. The third-order valence-corrected chi connectivity index (χ3v) is 1.85. The molecule has 0 unspecified atom stereocenters. The van der Waals surface area contributed by atoms with Crippen molar-refractivity contribution >= 4 is 5.91 Å². The number of primary amides is 1. The average molecular weight is 198 g/mol. The summed E-state index contributed by atoms with van der Waals surface area (Å²) >= 11 is 0. The van der Waals surface area contributed by atoms with Crippen molar-refractivity contribution in [2.45, 2.75) is 13.3 Å². The van der Waals surface area contributed by atoms with Crippen molar-refractivity contribution in [2.24, 2.45) is 5.73 Å². The summed E-state index contributed by atoms with van der Waals surface area (Å²) in [6.07, 6.45) is 0.0379. The minimum atomic E-state index is -0.448. The molecule has 0 atom stereocenters. The minimum absolute atomic E-state index is 0.0379. The van der Waals surface area contributed by atoms with Gasteiger partial charge < -0.3 is 5.73 Å². The number of carbonyl (C=O) groups is 1. The van der Waals surface area contributed by atoms with E-state index in [1.54, 1.807) is 12.1 Å². The first-order chi connectivity index (χ1) is 7.13. The summed E-state index contributed by atoms with van der Waals surface area (Å²) in [4.78, 5) is 10.5. The first-order valence-corrected chi connectivity index (χ1v) is 4.41. The molecule has 0 bridgehead atoms. The highest BCUT2D eigenvalue weighted by atomic mass is 16.1. The Kier molecular flexibility index (Phi) is 3.49. The Hall–Kier alpha value is -2.26. The van der Waals surface area contributed by atoms with Crippen molar-refractivity contribution in [3.8, 4) is 17.9 Å². The number of amides is 1. The van der Waals surface area contributed by atoms with Crippen molar-refractivity contribution in [1.82, 2.24) is 0 Å². The summed E-state index contributed by atoms with van der Waals surface area (Å²) in [5.74, 6) is 5.03. The van der Waals surface area contributed by atoms with Gasteiger partial charge in [0.2, 0.25) is 5.91 Å². The molecule has 1 aromatic carbocycles. The van der Waals surface area contributed by atoms with E-state index in [1.807, 2.05) is 19.1 Å². The molecule has 0 heterocycles. The zero-order chi connectivity index (χ0) is 11.3. The quantitative estimate of drug-likeness (QED) is 0.686. The number of hydrogen-bond donors (Lipinski definition) is 1. The molecule has 0 aliphatic carbocycles. The fourth-order valence-corrected chi connectivity index (χ4v) is 1.05. The highest BCUT2D eigenvalue weighted by Gasteiger charge is 1.96. The number of benzene rings is 1. The second-order valence-electron chi connectivity index (χ2n) is 3.09. The Morgan fingerprint density at radius 2 is 2.27 bits per heavy atom. The molecule has 1 rings (SSSR count). The van der Waals surface area contributed by atoms with Crippen molar-refractivity contribution in [3.63, 3.8) is 0 Å². The summed E-state index contributed by atoms with van der Waals surface area (Å²) in [7, 11) is 0. The van der Waals surface area contributed by atoms with Crippen LogP contribution in [0.25, 0.3) is 0 Å². The van der Waals surface area contributed by atoms with Gasteiger partial charge in [0, 0.05) is 5.56 Å². The summed E-state index contributed by atoms with van der Waals surface area (Å²) in [6, 6.07) is 7.29. The molecule has 2 N–H and O–H groups in total. The van der Waals surface area contributed by atoms with Crippen molar-refractivity contribution in [2.75, 3.05) is 0 Å². The number of hydrogen-bond acceptors (Lipinski definition) is 2. The Morgan fingerprint density at radius 1 is 1.53 bits per heavy atom. The topological polar surface area (TPSA) is 66.9 Å². The lowest BCUT2D eigenvalue weighted by Crippen LogP contribution is -2.08. The molecule has 0 aromatic heterocycles. The third-order valence-electron chi connectivity index (χ3n) is 1.85. The van der Waals surface area contributed by atoms with Crippen LogP contribution in [-0.4, -0.2) is 5.91 Å². The SMILES string of the molecule is Cc1ccc(C#N)cc1C#CCC(N)=O. The maximum absolute atomic E-state index is 10.5.